The van der Waals surface area contributed by atoms with Crippen molar-refractivity contribution in [3.05, 3.63) is 40.1 Å². The van der Waals surface area contributed by atoms with Gasteiger partial charge in [-0.2, -0.15) is 5.26 Å². The lowest BCUT2D eigenvalue weighted by molar-refractivity contribution is 0.0702. The average molecular weight is 337 g/mol. The first kappa shape index (κ1) is 15.8. The smallest absolute Gasteiger partial charge is 0.345 e. The summed E-state index contributed by atoms with van der Waals surface area (Å²) < 4.78 is 26.9. The summed E-state index contributed by atoms with van der Waals surface area (Å²) >= 11 is 0.826. The van der Waals surface area contributed by atoms with Crippen molar-refractivity contribution in [1.82, 2.24) is 0 Å². The molecule has 22 heavy (non-hydrogen) atoms. The van der Waals surface area contributed by atoms with E-state index < -0.39 is 16.0 Å². The summed E-state index contributed by atoms with van der Waals surface area (Å²) in [6.45, 7) is 0. The van der Waals surface area contributed by atoms with Crippen LogP contribution in [0.3, 0.4) is 0 Å². The second-order valence-electron chi connectivity index (χ2n) is 4.18. The third-order valence-corrected chi connectivity index (χ3v) is 5.17. The van der Waals surface area contributed by atoms with Gasteiger partial charge in [0.1, 0.15) is 4.88 Å². The van der Waals surface area contributed by atoms with Gasteiger partial charge in [-0.25, -0.2) is 13.2 Å². The fourth-order valence-electron chi connectivity index (χ4n) is 1.69. The second-order valence-corrected chi connectivity index (χ2v) is 6.77. The lowest BCUT2D eigenvalue weighted by Gasteiger charge is -2.11. The highest BCUT2D eigenvalue weighted by atomic mass is 32.2. The maximum Gasteiger partial charge on any atom is 0.345 e. The molecule has 0 radical (unpaired) electrons. The van der Waals surface area contributed by atoms with E-state index in [-0.39, 0.29) is 15.5 Å². The number of nitrogens with one attached hydrogen (secondary N) is 2. The van der Waals surface area contributed by atoms with Crippen LogP contribution in [0.15, 0.2) is 34.5 Å². The van der Waals surface area contributed by atoms with Crippen LogP contribution < -0.4 is 10.0 Å². The highest BCUT2D eigenvalue weighted by Gasteiger charge is 2.20. The molecule has 1 aromatic carbocycles. The molecule has 3 N–H and O–H groups in total. The Morgan fingerprint density at radius 2 is 2.05 bits per heavy atom. The monoisotopic (exact) mass is 337 g/mol. The van der Waals surface area contributed by atoms with Crippen molar-refractivity contribution in [1.29, 1.82) is 5.26 Å². The van der Waals surface area contributed by atoms with E-state index in [2.05, 4.69) is 10.0 Å². The number of nitriles is 1. The Bertz CT molecular complexity index is 866. The van der Waals surface area contributed by atoms with Crippen LogP contribution in [-0.2, 0) is 10.0 Å². The SMILES string of the molecule is CNc1ccc(C#N)cc1NS(=O)(=O)c1csc(C(=O)O)c1. The molecule has 0 bridgehead atoms. The molecule has 0 saturated carbocycles. The van der Waals surface area contributed by atoms with Gasteiger partial charge in [-0.1, -0.05) is 0 Å². The minimum atomic E-state index is -3.94. The molecule has 1 aromatic heterocycles. The highest BCUT2D eigenvalue weighted by Crippen LogP contribution is 2.27. The number of benzene rings is 1. The number of carbonyl (C=O) groups is 1. The third-order valence-electron chi connectivity index (χ3n) is 2.76. The first-order chi connectivity index (χ1) is 10.4. The van der Waals surface area contributed by atoms with Gasteiger partial charge in [0.25, 0.3) is 10.0 Å². The number of hydrogen-bond acceptors (Lipinski definition) is 6. The summed E-state index contributed by atoms with van der Waals surface area (Å²) in [6.07, 6.45) is 0. The Balaban J connectivity index is 2.40. The molecule has 0 spiro atoms. The maximum absolute atomic E-state index is 12.3. The zero-order valence-corrected chi connectivity index (χ0v) is 13.0. The van der Waals surface area contributed by atoms with Gasteiger partial charge in [-0.3, -0.25) is 4.72 Å². The second kappa shape index (κ2) is 6.05. The molecule has 0 aliphatic rings. The number of carboxylic acids is 1. The number of anilines is 2. The summed E-state index contributed by atoms with van der Waals surface area (Å²) in [7, 11) is -2.32. The first-order valence-electron chi connectivity index (χ1n) is 5.94. The summed E-state index contributed by atoms with van der Waals surface area (Å²) in [5.41, 5.74) is 1.01. The van der Waals surface area contributed by atoms with Gasteiger partial charge in [0.2, 0.25) is 0 Å². The molecule has 0 amide bonds. The number of carboxylic acid groups (broad SMARTS) is 1. The number of thiophene rings is 1. The Morgan fingerprint density at radius 3 is 2.59 bits per heavy atom. The van der Waals surface area contributed by atoms with Crippen LogP contribution in [0.4, 0.5) is 11.4 Å². The van der Waals surface area contributed by atoms with E-state index in [4.69, 9.17) is 10.4 Å². The Hall–Kier alpha value is -2.57. The van der Waals surface area contributed by atoms with Crippen LogP contribution in [0, 0.1) is 11.3 Å². The van der Waals surface area contributed by atoms with Gasteiger partial charge in [0.05, 0.1) is 27.9 Å². The van der Waals surface area contributed by atoms with Crippen LogP contribution in [-0.4, -0.2) is 26.5 Å². The summed E-state index contributed by atoms with van der Waals surface area (Å²) in [5, 5.41) is 21.8. The summed E-state index contributed by atoms with van der Waals surface area (Å²) in [6, 6.07) is 7.54. The molecule has 1 heterocycles. The predicted octanol–water partition coefficient (Wildman–Crippen LogP) is 2.16. The van der Waals surface area contributed by atoms with E-state index in [0.717, 1.165) is 17.4 Å². The molecule has 0 unspecified atom stereocenters. The normalized spacial score (nSPS) is 10.7. The average Bonchev–Trinajstić information content (AvgIpc) is 2.97. The number of aromatic carboxylic acids is 1. The molecule has 0 saturated heterocycles. The molecule has 114 valence electrons. The zero-order chi connectivity index (χ0) is 16.3. The van der Waals surface area contributed by atoms with Gasteiger partial charge in [0.15, 0.2) is 0 Å². The molecular weight excluding hydrogens is 326 g/mol. The van der Waals surface area contributed by atoms with E-state index in [1.807, 2.05) is 6.07 Å². The molecule has 0 aliphatic heterocycles. The van der Waals surface area contributed by atoms with Crippen molar-refractivity contribution in [2.45, 2.75) is 4.90 Å². The Kier molecular flexibility index (Phi) is 4.35. The van der Waals surface area contributed by atoms with E-state index >= 15 is 0 Å². The highest BCUT2D eigenvalue weighted by molar-refractivity contribution is 7.92. The molecule has 2 rings (SSSR count). The van der Waals surface area contributed by atoms with Crippen molar-refractivity contribution in [3.8, 4) is 6.07 Å². The van der Waals surface area contributed by atoms with Gasteiger partial charge < -0.3 is 10.4 Å². The largest absolute Gasteiger partial charge is 0.477 e. The summed E-state index contributed by atoms with van der Waals surface area (Å²) in [4.78, 5) is 10.6. The van der Waals surface area contributed by atoms with Gasteiger partial charge in [-0.05, 0) is 24.3 Å². The number of rotatable bonds is 5. The minimum Gasteiger partial charge on any atom is -0.477 e. The molecule has 7 nitrogen and oxygen atoms in total. The van der Waals surface area contributed by atoms with Gasteiger partial charge >= 0.3 is 5.97 Å². The third kappa shape index (κ3) is 3.19. The van der Waals surface area contributed by atoms with Crippen LogP contribution in [0.2, 0.25) is 0 Å². The van der Waals surface area contributed by atoms with Crippen LogP contribution in [0.1, 0.15) is 15.2 Å². The van der Waals surface area contributed by atoms with Crippen molar-refractivity contribution in [2.75, 3.05) is 17.1 Å². The van der Waals surface area contributed by atoms with Crippen molar-refractivity contribution in [2.24, 2.45) is 0 Å². The molecule has 9 heteroatoms. The maximum atomic E-state index is 12.3. The molecule has 2 aromatic rings. The fraction of sp³-hybridized carbons (Fsp3) is 0.0769. The Morgan fingerprint density at radius 1 is 1.32 bits per heavy atom. The quantitative estimate of drug-likeness (QED) is 0.769. The van der Waals surface area contributed by atoms with E-state index in [1.54, 1.807) is 19.2 Å². The molecular formula is C13H11N3O4S2. The van der Waals surface area contributed by atoms with Crippen LogP contribution >= 0.6 is 11.3 Å². The van der Waals surface area contributed by atoms with Crippen molar-refractivity contribution < 1.29 is 18.3 Å². The van der Waals surface area contributed by atoms with E-state index in [9.17, 15) is 13.2 Å². The van der Waals surface area contributed by atoms with Crippen molar-refractivity contribution >= 4 is 38.7 Å². The molecule has 0 atom stereocenters. The molecule has 0 fully saturated rings. The van der Waals surface area contributed by atoms with E-state index in [1.165, 1.54) is 11.4 Å². The number of hydrogen-bond donors (Lipinski definition) is 3. The van der Waals surface area contributed by atoms with Gasteiger partial charge in [0, 0.05) is 12.4 Å². The number of nitrogens with zero attached hydrogens (tertiary/aromatic N) is 1. The van der Waals surface area contributed by atoms with E-state index in [0.29, 0.717) is 11.3 Å². The van der Waals surface area contributed by atoms with Crippen LogP contribution in [0.5, 0.6) is 0 Å². The minimum absolute atomic E-state index is 0.0695. The lowest BCUT2D eigenvalue weighted by Crippen LogP contribution is -2.13. The van der Waals surface area contributed by atoms with Crippen molar-refractivity contribution in [3.63, 3.8) is 0 Å². The zero-order valence-electron chi connectivity index (χ0n) is 11.3. The van der Waals surface area contributed by atoms with Crippen LogP contribution in [0.25, 0.3) is 0 Å². The van der Waals surface area contributed by atoms with Gasteiger partial charge in [-0.15, -0.1) is 11.3 Å². The number of sulfonamides is 1. The lowest BCUT2D eigenvalue weighted by atomic mass is 10.2. The summed E-state index contributed by atoms with van der Waals surface area (Å²) in [5.74, 6) is -1.19. The predicted molar refractivity (Wildman–Crippen MR) is 82.8 cm³/mol. The molecule has 0 aliphatic carbocycles. The fourth-order valence-corrected chi connectivity index (χ4v) is 3.87. The Labute approximate surface area is 130 Å². The first-order valence-corrected chi connectivity index (χ1v) is 8.30. The topological polar surface area (TPSA) is 119 Å². The standard InChI is InChI=1S/C13H11N3O4S2/c1-15-10-3-2-8(6-14)4-11(10)16-22(19,20)9-5-12(13(17)18)21-7-9/h2-5,7,15-16H,1H3,(H,17,18).